The molecule has 23 heavy (non-hydrogen) atoms. The third-order valence-corrected chi connectivity index (χ3v) is 5.67. The average molecular weight is 326 g/mol. The summed E-state index contributed by atoms with van der Waals surface area (Å²) in [5.74, 6) is 0.420. The van der Waals surface area contributed by atoms with E-state index >= 15 is 0 Å². The van der Waals surface area contributed by atoms with Crippen molar-refractivity contribution in [3.8, 4) is 0 Å². The zero-order valence-electron chi connectivity index (χ0n) is 13.1. The summed E-state index contributed by atoms with van der Waals surface area (Å²) in [4.78, 5) is 2.06. The summed E-state index contributed by atoms with van der Waals surface area (Å²) in [6.07, 6.45) is 0.592. The Morgan fingerprint density at radius 3 is 2.74 bits per heavy atom. The van der Waals surface area contributed by atoms with Gasteiger partial charge in [-0.15, -0.1) is 0 Å². The van der Waals surface area contributed by atoms with Crippen LogP contribution in [0.2, 0.25) is 0 Å². The number of hydrogen-bond acceptors (Lipinski definition) is 3. The first-order valence-electron chi connectivity index (χ1n) is 7.56. The molecule has 0 atom stereocenters. The van der Waals surface area contributed by atoms with Crippen LogP contribution < -0.4 is 5.46 Å². The van der Waals surface area contributed by atoms with Crippen LogP contribution in [0.4, 0.5) is 4.39 Å². The predicted octanol–water partition coefficient (Wildman–Crippen LogP) is 3.92. The van der Waals surface area contributed by atoms with E-state index < -0.39 is 12.7 Å². The summed E-state index contributed by atoms with van der Waals surface area (Å²) in [6, 6.07) is 11.4. The Labute approximate surface area is 139 Å². The molecule has 2 aliphatic heterocycles. The quantitative estimate of drug-likeness (QED) is 0.632. The van der Waals surface area contributed by atoms with Crippen molar-refractivity contribution in [1.29, 1.82) is 0 Å². The third kappa shape index (κ3) is 2.39. The molecule has 0 aromatic heterocycles. The fourth-order valence-corrected chi connectivity index (χ4v) is 4.11. The standard InChI is InChI=1S/C18H16BFO2S/c1-11-18(2,3)22-19(21-11)14-8-9-15(20)13-10-12-6-4-5-7-16(12)23-17(13)14/h4-9H,1,10H2,2-3H3. The number of benzene rings is 2. The van der Waals surface area contributed by atoms with Gasteiger partial charge < -0.3 is 9.31 Å². The van der Waals surface area contributed by atoms with Gasteiger partial charge >= 0.3 is 7.12 Å². The van der Waals surface area contributed by atoms with Gasteiger partial charge in [0, 0.05) is 27.2 Å². The van der Waals surface area contributed by atoms with Crippen molar-refractivity contribution < 1.29 is 13.7 Å². The summed E-state index contributed by atoms with van der Waals surface area (Å²) in [5.41, 5.74) is 2.20. The molecule has 2 heterocycles. The third-order valence-electron chi connectivity index (χ3n) is 4.36. The van der Waals surface area contributed by atoms with Crippen LogP contribution in [0.3, 0.4) is 0 Å². The predicted molar refractivity (Wildman–Crippen MR) is 90.5 cm³/mol. The molecule has 0 amide bonds. The van der Waals surface area contributed by atoms with Gasteiger partial charge in [0.05, 0.1) is 5.76 Å². The van der Waals surface area contributed by atoms with Gasteiger partial charge in [0.2, 0.25) is 0 Å². The summed E-state index contributed by atoms with van der Waals surface area (Å²) >= 11 is 1.58. The fraction of sp³-hybridized carbons (Fsp3) is 0.222. The Morgan fingerprint density at radius 2 is 2.00 bits per heavy atom. The van der Waals surface area contributed by atoms with Crippen LogP contribution in [-0.2, 0) is 15.7 Å². The van der Waals surface area contributed by atoms with Crippen LogP contribution in [0.5, 0.6) is 0 Å². The van der Waals surface area contributed by atoms with Crippen LogP contribution in [0, 0.1) is 5.82 Å². The van der Waals surface area contributed by atoms with Gasteiger partial charge in [-0.1, -0.05) is 42.6 Å². The zero-order chi connectivity index (χ0) is 16.2. The number of halogens is 1. The Balaban J connectivity index is 1.79. The molecule has 5 heteroatoms. The van der Waals surface area contributed by atoms with Crippen molar-refractivity contribution in [2.24, 2.45) is 0 Å². The molecule has 0 bridgehead atoms. The molecule has 0 saturated carbocycles. The molecule has 116 valence electrons. The van der Waals surface area contributed by atoms with E-state index in [1.54, 1.807) is 17.8 Å². The highest BCUT2D eigenvalue weighted by molar-refractivity contribution is 7.99. The molecule has 2 aliphatic rings. The van der Waals surface area contributed by atoms with Crippen LogP contribution in [-0.4, -0.2) is 12.7 Å². The second-order valence-electron chi connectivity index (χ2n) is 6.33. The average Bonchev–Trinajstić information content (AvgIpc) is 2.79. The Bertz CT molecular complexity index is 819. The van der Waals surface area contributed by atoms with Crippen LogP contribution in [0.1, 0.15) is 25.0 Å². The summed E-state index contributed by atoms with van der Waals surface area (Å²) in [6.45, 7) is 7.77. The molecule has 4 rings (SSSR count). The maximum absolute atomic E-state index is 14.3. The highest BCUT2D eigenvalue weighted by Crippen LogP contribution is 2.40. The molecule has 0 radical (unpaired) electrons. The summed E-state index contributed by atoms with van der Waals surface area (Å²) in [5, 5.41) is 0. The lowest BCUT2D eigenvalue weighted by Crippen LogP contribution is -2.37. The first kappa shape index (κ1) is 14.9. The number of fused-ring (bicyclic) bond motifs is 2. The van der Waals surface area contributed by atoms with E-state index in [1.165, 1.54) is 6.07 Å². The first-order chi connectivity index (χ1) is 11.0. The topological polar surface area (TPSA) is 18.5 Å². The lowest BCUT2D eigenvalue weighted by Gasteiger charge is -2.22. The Morgan fingerprint density at radius 1 is 1.22 bits per heavy atom. The van der Waals surface area contributed by atoms with E-state index in [0.29, 0.717) is 17.7 Å². The van der Waals surface area contributed by atoms with Crippen molar-refractivity contribution in [2.45, 2.75) is 35.7 Å². The SMILES string of the molecule is C=C1OB(c2ccc(F)c3c2Sc2ccccc2C3)OC1(C)C. The lowest BCUT2D eigenvalue weighted by atomic mass is 9.77. The van der Waals surface area contributed by atoms with Gasteiger partial charge in [-0.25, -0.2) is 4.39 Å². The number of hydrogen-bond donors (Lipinski definition) is 0. The smallest absolute Gasteiger partial charge is 0.534 e. The first-order valence-corrected chi connectivity index (χ1v) is 8.38. The van der Waals surface area contributed by atoms with Gasteiger partial charge in [-0.2, -0.15) is 0 Å². The van der Waals surface area contributed by atoms with Crippen molar-refractivity contribution in [1.82, 2.24) is 0 Å². The monoisotopic (exact) mass is 326 g/mol. The molecule has 1 fully saturated rings. The Kier molecular flexibility index (Phi) is 3.32. The zero-order valence-corrected chi connectivity index (χ0v) is 13.9. The molecule has 1 saturated heterocycles. The van der Waals surface area contributed by atoms with Crippen LogP contribution >= 0.6 is 11.8 Å². The maximum Gasteiger partial charge on any atom is 0.564 e. The normalized spacial score (nSPS) is 18.4. The minimum absolute atomic E-state index is 0.179. The Hall–Kier alpha value is -1.72. The van der Waals surface area contributed by atoms with E-state index in [1.807, 2.05) is 32.0 Å². The van der Waals surface area contributed by atoms with E-state index in [4.69, 9.17) is 9.31 Å². The largest absolute Gasteiger partial charge is 0.564 e. The molecule has 0 unspecified atom stereocenters. The van der Waals surface area contributed by atoms with Crippen molar-refractivity contribution >= 4 is 24.3 Å². The van der Waals surface area contributed by atoms with Gasteiger partial charge in [-0.3, -0.25) is 0 Å². The minimum atomic E-state index is -0.539. The molecule has 0 aliphatic carbocycles. The van der Waals surface area contributed by atoms with Crippen LogP contribution in [0.15, 0.2) is 58.5 Å². The van der Waals surface area contributed by atoms with Crippen molar-refractivity contribution in [3.05, 3.63) is 65.7 Å². The van der Waals surface area contributed by atoms with E-state index in [2.05, 4.69) is 12.6 Å². The van der Waals surface area contributed by atoms with E-state index in [-0.39, 0.29) is 5.82 Å². The lowest BCUT2D eigenvalue weighted by molar-refractivity contribution is 0.173. The molecule has 2 nitrogen and oxygen atoms in total. The number of rotatable bonds is 1. The van der Waals surface area contributed by atoms with Gasteiger partial charge in [0.15, 0.2) is 0 Å². The highest BCUT2D eigenvalue weighted by Gasteiger charge is 2.44. The van der Waals surface area contributed by atoms with Gasteiger partial charge in [-0.05, 0) is 31.5 Å². The fourth-order valence-electron chi connectivity index (χ4n) is 2.90. The highest BCUT2D eigenvalue weighted by atomic mass is 32.2. The van der Waals surface area contributed by atoms with Gasteiger partial charge in [0.1, 0.15) is 11.4 Å². The molecule has 0 N–H and O–H groups in total. The van der Waals surface area contributed by atoms with Crippen molar-refractivity contribution in [2.75, 3.05) is 0 Å². The van der Waals surface area contributed by atoms with Crippen molar-refractivity contribution in [3.63, 3.8) is 0 Å². The second-order valence-corrected chi connectivity index (χ2v) is 7.38. The van der Waals surface area contributed by atoms with Gasteiger partial charge in [0.25, 0.3) is 0 Å². The molecule has 0 spiro atoms. The molecule has 2 aromatic carbocycles. The molecular weight excluding hydrogens is 310 g/mol. The summed E-state index contributed by atoms with van der Waals surface area (Å²) in [7, 11) is -0.537. The summed E-state index contributed by atoms with van der Waals surface area (Å²) < 4.78 is 26.1. The maximum atomic E-state index is 14.3. The minimum Gasteiger partial charge on any atom is -0.534 e. The van der Waals surface area contributed by atoms with E-state index in [0.717, 1.165) is 20.8 Å². The second kappa shape index (κ2) is 5.15. The molecule has 2 aromatic rings. The van der Waals surface area contributed by atoms with Crippen LogP contribution in [0.25, 0.3) is 0 Å². The molecular formula is C18H16BFO2S. The van der Waals surface area contributed by atoms with E-state index in [9.17, 15) is 4.39 Å².